The molecule has 4 N–H and O–H groups in total. The molecule has 0 aromatic carbocycles. The van der Waals surface area contributed by atoms with E-state index < -0.39 is 35.4 Å². The molecule has 0 aromatic heterocycles. The first-order valence-corrected chi connectivity index (χ1v) is 5.68. The summed E-state index contributed by atoms with van der Waals surface area (Å²) in [4.78, 5) is 22.6. The van der Waals surface area contributed by atoms with Gasteiger partial charge in [0.25, 0.3) is 0 Å². The third-order valence-corrected chi connectivity index (χ3v) is 2.71. The molecule has 18 heavy (non-hydrogen) atoms. The second-order valence-corrected chi connectivity index (χ2v) is 5.59. The SMILES string of the molecule is CC(C)(C)OC(=O)NC1(C(O)C(N)=O)CC(F)C1. The lowest BCUT2D eigenvalue weighted by Crippen LogP contribution is -2.68. The Balaban J connectivity index is 2.70. The smallest absolute Gasteiger partial charge is 0.408 e. The number of ether oxygens (including phenoxy) is 1. The summed E-state index contributed by atoms with van der Waals surface area (Å²) in [6, 6.07) is 0. The number of alkyl halides is 1. The fraction of sp³-hybridized carbons (Fsp3) is 0.818. The molecule has 0 spiro atoms. The normalized spacial score (nSPS) is 29.1. The van der Waals surface area contributed by atoms with E-state index in [0.29, 0.717) is 0 Å². The van der Waals surface area contributed by atoms with Crippen molar-refractivity contribution in [2.45, 2.75) is 57.0 Å². The van der Waals surface area contributed by atoms with Crippen LogP contribution in [-0.2, 0) is 9.53 Å². The number of rotatable bonds is 3. The van der Waals surface area contributed by atoms with Gasteiger partial charge in [-0.05, 0) is 20.8 Å². The predicted octanol–water partition coefficient (Wildman–Crippen LogP) is 0.228. The van der Waals surface area contributed by atoms with Gasteiger partial charge in [0.05, 0.1) is 5.54 Å². The molecular formula is C11H19FN2O4. The highest BCUT2D eigenvalue weighted by Crippen LogP contribution is 2.37. The molecule has 1 rings (SSSR count). The first kappa shape index (κ1) is 14.7. The zero-order chi connectivity index (χ0) is 14.1. The standard InChI is InChI=1S/C11H19FN2O4/c1-10(2,3)18-9(17)14-11(4-6(12)5-11)7(15)8(13)16/h6-7,15H,4-5H2,1-3H3,(H2,13,16)(H,14,17). The van der Waals surface area contributed by atoms with Crippen LogP contribution in [0.1, 0.15) is 33.6 Å². The number of carbonyl (C=O) groups excluding carboxylic acids is 2. The molecule has 0 heterocycles. The number of aliphatic hydroxyl groups excluding tert-OH is 1. The van der Waals surface area contributed by atoms with Gasteiger partial charge >= 0.3 is 6.09 Å². The topological polar surface area (TPSA) is 102 Å². The maximum atomic E-state index is 13.0. The molecule has 1 aliphatic rings. The van der Waals surface area contributed by atoms with Crippen molar-refractivity contribution in [3.63, 3.8) is 0 Å². The monoisotopic (exact) mass is 262 g/mol. The predicted molar refractivity (Wildman–Crippen MR) is 61.4 cm³/mol. The van der Waals surface area contributed by atoms with Crippen LogP contribution in [0, 0.1) is 0 Å². The van der Waals surface area contributed by atoms with E-state index in [-0.39, 0.29) is 12.8 Å². The van der Waals surface area contributed by atoms with Crippen LogP contribution in [0.2, 0.25) is 0 Å². The Bertz CT molecular complexity index is 347. The fourth-order valence-corrected chi connectivity index (χ4v) is 1.90. The number of halogens is 1. The van der Waals surface area contributed by atoms with Gasteiger partial charge in [-0.1, -0.05) is 0 Å². The summed E-state index contributed by atoms with van der Waals surface area (Å²) in [5, 5.41) is 12.0. The van der Waals surface area contributed by atoms with Gasteiger partial charge in [-0.3, -0.25) is 4.79 Å². The summed E-state index contributed by atoms with van der Waals surface area (Å²) >= 11 is 0. The number of carbonyl (C=O) groups is 2. The van der Waals surface area contributed by atoms with Gasteiger partial charge in [0.2, 0.25) is 5.91 Å². The van der Waals surface area contributed by atoms with E-state index in [9.17, 15) is 19.1 Å². The van der Waals surface area contributed by atoms with Gasteiger partial charge < -0.3 is 20.9 Å². The highest BCUT2D eigenvalue weighted by atomic mass is 19.1. The minimum atomic E-state index is -1.63. The lowest BCUT2D eigenvalue weighted by Gasteiger charge is -2.46. The fourth-order valence-electron chi connectivity index (χ4n) is 1.90. The van der Waals surface area contributed by atoms with Crippen LogP contribution in [0.5, 0.6) is 0 Å². The molecule has 1 fully saturated rings. The summed E-state index contributed by atoms with van der Waals surface area (Å²) in [7, 11) is 0. The second kappa shape index (κ2) is 4.72. The van der Waals surface area contributed by atoms with Crippen LogP contribution in [0.4, 0.5) is 9.18 Å². The summed E-state index contributed by atoms with van der Waals surface area (Å²) in [6.45, 7) is 5.01. The first-order valence-electron chi connectivity index (χ1n) is 5.68. The highest BCUT2D eigenvalue weighted by molar-refractivity contribution is 5.82. The van der Waals surface area contributed by atoms with Crippen LogP contribution in [-0.4, -0.2) is 40.5 Å². The van der Waals surface area contributed by atoms with Crippen molar-refractivity contribution in [2.24, 2.45) is 5.73 Å². The van der Waals surface area contributed by atoms with Gasteiger partial charge in [-0.2, -0.15) is 0 Å². The van der Waals surface area contributed by atoms with Crippen molar-refractivity contribution < 1.29 is 23.8 Å². The summed E-state index contributed by atoms with van der Waals surface area (Å²) in [5.41, 5.74) is 2.90. The van der Waals surface area contributed by atoms with Gasteiger partial charge in [-0.15, -0.1) is 0 Å². The quantitative estimate of drug-likeness (QED) is 0.677. The van der Waals surface area contributed by atoms with Crippen molar-refractivity contribution >= 4 is 12.0 Å². The van der Waals surface area contributed by atoms with Crippen molar-refractivity contribution in [3.8, 4) is 0 Å². The van der Waals surface area contributed by atoms with Crippen molar-refractivity contribution in [1.29, 1.82) is 0 Å². The highest BCUT2D eigenvalue weighted by Gasteiger charge is 2.53. The average Bonchev–Trinajstić information content (AvgIpc) is 2.10. The molecule has 6 nitrogen and oxygen atoms in total. The zero-order valence-corrected chi connectivity index (χ0v) is 10.7. The molecule has 1 atom stereocenters. The number of nitrogens with one attached hydrogen (secondary N) is 1. The second-order valence-electron chi connectivity index (χ2n) is 5.59. The molecular weight excluding hydrogens is 243 g/mol. The number of hydrogen-bond acceptors (Lipinski definition) is 4. The van der Waals surface area contributed by atoms with Gasteiger partial charge in [0.15, 0.2) is 6.10 Å². The van der Waals surface area contributed by atoms with Crippen LogP contribution in [0.3, 0.4) is 0 Å². The van der Waals surface area contributed by atoms with Crippen molar-refractivity contribution in [1.82, 2.24) is 5.32 Å². The third-order valence-electron chi connectivity index (χ3n) is 2.71. The van der Waals surface area contributed by atoms with Gasteiger partial charge in [-0.25, -0.2) is 9.18 Å². The van der Waals surface area contributed by atoms with Gasteiger partial charge in [0.1, 0.15) is 11.8 Å². The van der Waals surface area contributed by atoms with E-state index in [1.165, 1.54) is 0 Å². The third kappa shape index (κ3) is 3.32. The Labute approximate surface area is 105 Å². The lowest BCUT2D eigenvalue weighted by atomic mass is 9.71. The van der Waals surface area contributed by atoms with E-state index in [2.05, 4.69) is 5.32 Å². The molecule has 0 aliphatic heterocycles. The maximum Gasteiger partial charge on any atom is 0.408 e. The Morgan fingerprint density at radius 2 is 2.00 bits per heavy atom. The minimum Gasteiger partial charge on any atom is -0.444 e. The molecule has 104 valence electrons. The Kier molecular flexibility index (Phi) is 3.85. The molecule has 0 saturated heterocycles. The molecule has 1 aliphatic carbocycles. The first-order chi connectivity index (χ1) is 8.06. The molecule has 0 bridgehead atoms. The summed E-state index contributed by atoms with van der Waals surface area (Å²) in [5.74, 6) is -1.00. The van der Waals surface area contributed by atoms with E-state index in [1.807, 2.05) is 0 Å². The minimum absolute atomic E-state index is 0.156. The average molecular weight is 262 g/mol. The van der Waals surface area contributed by atoms with Gasteiger partial charge in [0, 0.05) is 12.8 Å². The number of alkyl carbamates (subject to hydrolysis) is 1. The molecule has 1 unspecified atom stereocenters. The van der Waals surface area contributed by atoms with Crippen LogP contribution in [0.25, 0.3) is 0 Å². The zero-order valence-electron chi connectivity index (χ0n) is 10.7. The molecule has 7 heteroatoms. The van der Waals surface area contributed by atoms with Crippen molar-refractivity contribution in [2.75, 3.05) is 0 Å². The van der Waals surface area contributed by atoms with E-state index in [0.717, 1.165) is 0 Å². The lowest BCUT2D eigenvalue weighted by molar-refractivity contribution is -0.135. The molecule has 0 radical (unpaired) electrons. The van der Waals surface area contributed by atoms with E-state index in [4.69, 9.17) is 10.5 Å². The largest absolute Gasteiger partial charge is 0.444 e. The van der Waals surface area contributed by atoms with Crippen LogP contribution in [0.15, 0.2) is 0 Å². The molecule has 1 saturated carbocycles. The number of primary amides is 1. The van der Waals surface area contributed by atoms with E-state index >= 15 is 0 Å². The Morgan fingerprint density at radius 3 is 2.33 bits per heavy atom. The molecule has 0 aromatic rings. The summed E-state index contributed by atoms with van der Waals surface area (Å²) < 4.78 is 18.0. The number of nitrogens with two attached hydrogens (primary N) is 1. The van der Waals surface area contributed by atoms with Crippen LogP contribution < -0.4 is 11.1 Å². The van der Waals surface area contributed by atoms with E-state index in [1.54, 1.807) is 20.8 Å². The maximum absolute atomic E-state index is 13.0. The Morgan fingerprint density at radius 1 is 1.50 bits per heavy atom. The number of aliphatic hydroxyl groups is 1. The number of amides is 2. The Hall–Kier alpha value is -1.37. The van der Waals surface area contributed by atoms with Crippen LogP contribution >= 0.6 is 0 Å². The molecule has 2 amide bonds. The number of hydrogen-bond donors (Lipinski definition) is 3. The van der Waals surface area contributed by atoms with Crippen molar-refractivity contribution in [3.05, 3.63) is 0 Å². The summed E-state index contributed by atoms with van der Waals surface area (Å²) in [6.07, 6.45) is -3.92.